The molecule has 0 aromatic heterocycles. The van der Waals surface area contributed by atoms with Crippen molar-refractivity contribution in [3.8, 4) is 0 Å². The lowest BCUT2D eigenvalue weighted by atomic mass is 9.88. The number of aliphatic hydroxyl groups excluding tert-OH is 2. The van der Waals surface area contributed by atoms with Crippen molar-refractivity contribution in [3.63, 3.8) is 0 Å². The van der Waals surface area contributed by atoms with Crippen molar-refractivity contribution in [3.05, 3.63) is 0 Å². The van der Waals surface area contributed by atoms with E-state index in [1.807, 2.05) is 0 Å². The fourth-order valence-corrected chi connectivity index (χ4v) is 1.77. The maximum atomic E-state index is 9.60. The van der Waals surface area contributed by atoms with Crippen molar-refractivity contribution in [1.29, 1.82) is 0 Å². The second-order valence-corrected chi connectivity index (χ2v) is 4.14. The number of aliphatic hydroxyl groups is 3. The van der Waals surface area contributed by atoms with Crippen LogP contribution < -0.4 is 5.73 Å². The van der Waals surface area contributed by atoms with Gasteiger partial charge in [0, 0.05) is 12.0 Å². The van der Waals surface area contributed by atoms with Crippen molar-refractivity contribution < 1.29 is 15.3 Å². The molecule has 4 atom stereocenters. The molecule has 80 valence electrons. The molecule has 1 aliphatic carbocycles. The van der Waals surface area contributed by atoms with Crippen molar-refractivity contribution in [2.24, 2.45) is 11.7 Å². The van der Waals surface area contributed by atoms with Crippen LogP contribution in [0.1, 0.15) is 20.3 Å². The van der Waals surface area contributed by atoms with E-state index in [0.29, 0.717) is 6.42 Å². The van der Waals surface area contributed by atoms with Crippen LogP contribution in [0.5, 0.6) is 0 Å². The molecule has 13 heavy (non-hydrogen) atoms. The van der Waals surface area contributed by atoms with Gasteiger partial charge >= 0.3 is 0 Å². The SMILES string of the molecule is CC(C)(O)[C@@H]1C[C@@H](N)[C@H](O)[C@@H]1O.Cl. The largest absolute Gasteiger partial charge is 0.390 e. The van der Waals surface area contributed by atoms with E-state index in [1.54, 1.807) is 13.8 Å². The number of rotatable bonds is 1. The van der Waals surface area contributed by atoms with E-state index in [0.717, 1.165) is 0 Å². The molecule has 0 heterocycles. The van der Waals surface area contributed by atoms with Crippen LogP contribution in [0.3, 0.4) is 0 Å². The van der Waals surface area contributed by atoms with Gasteiger partial charge in [0.25, 0.3) is 0 Å². The first-order chi connectivity index (χ1) is 5.34. The van der Waals surface area contributed by atoms with Gasteiger partial charge in [-0.3, -0.25) is 0 Å². The predicted octanol–water partition coefficient (Wildman–Crippen LogP) is -0.752. The average Bonchev–Trinajstić information content (AvgIpc) is 2.15. The lowest BCUT2D eigenvalue weighted by Crippen LogP contribution is -2.40. The summed E-state index contributed by atoms with van der Waals surface area (Å²) in [5.74, 6) is -0.331. The van der Waals surface area contributed by atoms with E-state index in [2.05, 4.69) is 0 Å². The topological polar surface area (TPSA) is 86.7 Å². The third-order valence-electron chi connectivity index (χ3n) is 2.63. The third kappa shape index (κ3) is 2.54. The van der Waals surface area contributed by atoms with Crippen LogP contribution >= 0.6 is 12.4 Å². The zero-order valence-corrected chi connectivity index (χ0v) is 8.66. The summed E-state index contributed by atoms with van der Waals surface area (Å²) in [5, 5.41) is 28.4. The second kappa shape index (κ2) is 4.11. The zero-order chi connectivity index (χ0) is 9.52. The minimum atomic E-state index is -0.978. The summed E-state index contributed by atoms with van der Waals surface area (Å²) in [7, 11) is 0. The summed E-state index contributed by atoms with van der Waals surface area (Å²) < 4.78 is 0. The predicted molar refractivity (Wildman–Crippen MR) is 51.6 cm³/mol. The number of halogens is 1. The van der Waals surface area contributed by atoms with Gasteiger partial charge in [-0.05, 0) is 20.3 Å². The second-order valence-electron chi connectivity index (χ2n) is 4.14. The summed E-state index contributed by atoms with van der Waals surface area (Å²) in [6, 6.07) is -0.420. The monoisotopic (exact) mass is 211 g/mol. The van der Waals surface area contributed by atoms with E-state index in [-0.39, 0.29) is 18.3 Å². The van der Waals surface area contributed by atoms with Crippen LogP contribution in [0.2, 0.25) is 0 Å². The molecule has 0 bridgehead atoms. The van der Waals surface area contributed by atoms with Gasteiger partial charge in [-0.2, -0.15) is 0 Å². The van der Waals surface area contributed by atoms with Gasteiger partial charge in [0.2, 0.25) is 0 Å². The Kier molecular flexibility index (Phi) is 4.15. The highest BCUT2D eigenvalue weighted by molar-refractivity contribution is 5.85. The first kappa shape index (κ1) is 13.1. The van der Waals surface area contributed by atoms with Crippen LogP contribution in [0.4, 0.5) is 0 Å². The molecule has 1 aliphatic rings. The van der Waals surface area contributed by atoms with E-state index in [1.165, 1.54) is 0 Å². The zero-order valence-electron chi connectivity index (χ0n) is 7.84. The quantitative estimate of drug-likeness (QED) is 0.460. The molecule has 1 fully saturated rings. The van der Waals surface area contributed by atoms with Gasteiger partial charge in [-0.1, -0.05) is 0 Å². The fraction of sp³-hybridized carbons (Fsp3) is 1.00. The van der Waals surface area contributed by atoms with Crippen molar-refractivity contribution in [1.82, 2.24) is 0 Å². The van der Waals surface area contributed by atoms with Crippen molar-refractivity contribution >= 4 is 12.4 Å². The Hall–Kier alpha value is 0.130. The van der Waals surface area contributed by atoms with Gasteiger partial charge < -0.3 is 21.1 Å². The normalized spacial score (nSPS) is 40.2. The van der Waals surface area contributed by atoms with Gasteiger partial charge in [-0.15, -0.1) is 12.4 Å². The first-order valence-electron chi connectivity index (χ1n) is 4.18. The highest BCUT2D eigenvalue weighted by Gasteiger charge is 2.45. The Bertz CT molecular complexity index is 171. The molecule has 0 amide bonds. The van der Waals surface area contributed by atoms with Crippen LogP contribution in [0.15, 0.2) is 0 Å². The lowest BCUT2D eigenvalue weighted by Gasteiger charge is -2.28. The molecule has 0 unspecified atom stereocenters. The Morgan fingerprint density at radius 2 is 1.69 bits per heavy atom. The van der Waals surface area contributed by atoms with Crippen LogP contribution in [-0.2, 0) is 0 Å². The Morgan fingerprint density at radius 1 is 1.23 bits per heavy atom. The first-order valence-corrected chi connectivity index (χ1v) is 4.18. The highest BCUT2D eigenvalue weighted by Crippen LogP contribution is 2.33. The van der Waals surface area contributed by atoms with Crippen LogP contribution in [-0.4, -0.2) is 39.2 Å². The van der Waals surface area contributed by atoms with Crippen molar-refractivity contribution in [2.45, 2.75) is 44.1 Å². The van der Waals surface area contributed by atoms with Gasteiger partial charge in [0.1, 0.15) is 0 Å². The highest BCUT2D eigenvalue weighted by atomic mass is 35.5. The molecular formula is C8H18ClNO3. The summed E-state index contributed by atoms with van der Waals surface area (Å²) >= 11 is 0. The summed E-state index contributed by atoms with van der Waals surface area (Å²) in [6.45, 7) is 3.23. The molecule has 5 N–H and O–H groups in total. The smallest absolute Gasteiger partial charge is 0.0953 e. The molecule has 0 spiro atoms. The lowest BCUT2D eigenvalue weighted by molar-refractivity contribution is -0.0603. The molecule has 0 aliphatic heterocycles. The standard InChI is InChI=1S/C8H17NO3.ClH/c1-8(2,12)4-3-5(9)7(11)6(4)10;/h4-7,10-12H,3,9H2,1-2H3;1H/t4-,5-,6-,7+;/m1./s1. The molecule has 0 radical (unpaired) electrons. The average molecular weight is 212 g/mol. The van der Waals surface area contributed by atoms with Crippen molar-refractivity contribution in [2.75, 3.05) is 0 Å². The minimum absolute atomic E-state index is 0. The summed E-state index contributed by atoms with van der Waals surface area (Å²) in [4.78, 5) is 0. The molecule has 0 saturated heterocycles. The number of hydrogen-bond acceptors (Lipinski definition) is 4. The van der Waals surface area contributed by atoms with E-state index >= 15 is 0 Å². The molecule has 4 nitrogen and oxygen atoms in total. The minimum Gasteiger partial charge on any atom is -0.390 e. The van der Waals surface area contributed by atoms with E-state index in [9.17, 15) is 15.3 Å². The maximum Gasteiger partial charge on any atom is 0.0953 e. The van der Waals surface area contributed by atoms with Crippen LogP contribution in [0, 0.1) is 5.92 Å². The summed E-state index contributed by atoms with van der Waals surface area (Å²) in [5.41, 5.74) is 4.56. The number of nitrogens with two attached hydrogens (primary N) is 1. The summed E-state index contributed by atoms with van der Waals surface area (Å²) in [6.07, 6.45) is -1.34. The van der Waals surface area contributed by atoms with Gasteiger partial charge in [-0.25, -0.2) is 0 Å². The molecule has 0 aromatic carbocycles. The Morgan fingerprint density at radius 3 is 1.85 bits per heavy atom. The molecule has 1 saturated carbocycles. The number of hydrogen-bond donors (Lipinski definition) is 4. The third-order valence-corrected chi connectivity index (χ3v) is 2.63. The van der Waals surface area contributed by atoms with Gasteiger partial charge in [0.05, 0.1) is 17.8 Å². The van der Waals surface area contributed by atoms with Crippen LogP contribution in [0.25, 0.3) is 0 Å². The molecule has 1 rings (SSSR count). The van der Waals surface area contributed by atoms with E-state index < -0.39 is 23.9 Å². The molecule has 0 aromatic rings. The molecular weight excluding hydrogens is 194 g/mol. The Labute approximate surface area is 84.2 Å². The van der Waals surface area contributed by atoms with E-state index in [4.69, 9.17) is 5.73 Å². The Balaban J connectivity index is 0.00000144. The fourth-order valence-electron chi connectivity index (χ4n) is 1.77. The van der Waals surface area contributed by atoms with Gasteiger partial charge in [0.15, 0.2) is 0 Å². The molecule has 5 heteroatoms. The maximum absolute atomic E-state index is 9.60.